The van der Waals surface area contributed by atoms with Crippen LogP contribution in [-0.2, 0) is 4.74 Å². The minimum Gasteiger partial charge on any atom is -0.496 e. The molecule has 5 atom stereocenters. The Morgan fingerprint density at radius 3 is 2.37 bits per heavy atom. The lowest BCUT2D eigenvalue weighted by Crippen LogP contribution is -2.48. The summed E-state index contributed by atoms with van der Waals surface area (Å²) in [5.41, 5.74) is 0.0966. The van der Waals surface area contributed by atoms with Crippen molar-refractivity contribution in [3.05, 3.63) is 52.8 Å². The first-order chi connectivity index (χ1) is 16.6. The number of nitrogens with zero attached hydrogens (tertiary/aromatic N) is 2. The molecular weight excluding hydrogens is 492 g/mol. The molecule has 3 rings (SSSR count). The van der Waals surface area contributed by atoms with Crippen LogP contribution >= 0.6 is 11.6 Å². The molecule has 3 aromatic rings. The fourth-order valence-electron chi connectivity index (χ4n) is 3.47. The minimum atomic E-state index is -1.91. The van der Waals surface area contributed by atoms with Crippen LogP contribution in [0.15, 0.2) is 30.6 Å². The number of aliphatic hydroxyl groups is 5. The number of rotatable bonds is 10. The lowest BCUT2D eigenvalue weighted by Gasteiger charge is -2.30. The average Bonchev–Trinajstić information content (AvgIpc) is 2.87. The Kier molecular flexibility index (Phi) is 8.72. The van der Waals surface area contributed by atoms with E-state index in [-0.39, 0.29) is 28.3 Å². The molecule has 0 spiro atoms. The second-order valence-electron chi connectivity index (χ2n) is 7.55. The monoisotopic (exact) mass is 515 g/mol. The number of anilines is 2. The molecule has 190 valence electrons. The van der Waals surface area contributed by atoms with E-state index in [0.717, 1.165) is 18.5 Å². The number of methoxy groups -OCH3 is 2. The molecule has 0 bridgehead atoms. The van der Waals surface area contributed by atoms with E-state index in [1.807, 2.05) is 0 Å². The number of ether oxygens (including phenoxy) is 2. The van der Waals surface area contributed by atoms with Crippen LogP contribution in [-0.4, -0.2) is 80.7 Å². The van der Waals surface area contributed by atoms with Gasteiger partial charge in [0.2, 0.25) is 0 Å². The predicted octanol–water partition coefficient (Wildman–Crippen LogP) is 1.44. The summed E-state index contributed by atoms with van der Waals surface area (Å²) in [6.45, 7) is -0.636. The summed E-state index contributed by atoms with van der Waals surface area (Å²) in [6.07, 6.45) is -7.32. The van der Waals surface area contributed by atoms with Gasteiger partial charge in [-0.2, -0.15) is 0 Å². The molecule has 13 heteroatoms. The van der Waals surface area contributed by atoms with Gasteiger partial charge in [-0.05, 0) is 24.3 Å². The normalized spacial score (nSPS) is 15.9. The van der Waals surface area contributed by atoms with Crippen LogP contribution in [0.3, 0.4) is 0 Å². The van der Waals surface area contributed by atoms with E-state index in [2.05, 4.69) is 15.3 Å². The lowest BCUT2D eigenvalue weighted by molar-refractivity contribution is -0.148. The van der Waals surface area contributed by atoms with Gasteiger partial charge in [0.05, 0.1) is 24.9 Å². The molecular formula is C22H24ClF2N3O7. The molecule has 0 radical (unpaired) electrons. The molecule has 0 aliphatic carbocycles. The number of aliphatic hydroxyl groups excluding tert-OH is 5. The van der Waals surface area contributed by atoms with Crippen molar-refractivity contribution in [3.63, 3.8) is 0 Å². The van der Waals surface area contributed by atoms with Crippen molar-refractivity contribution >= 4 is 34.0 Å². The number of nitrogens with one attached hydrogen (secondary N) is 1. The Balaban J connectivity index is 1.98. The molecule has 0 saturated heterocycles. The van der Waals surface area contributed by atoms with Crippen LogP contribution in [0.5, 0.6) is 5.75 Å². The molecule has 6 N–H and O–H groups in total. The van der Waals surface area contributed by atoms with Gasteiger partial charge in [-0.3, -0.25) is 0 Å². The molecule has 0 fully saturated rings. The summed E-state index contributed by atoms with van der Waals surface area (Å²) in [5, 5.41) is 53.2. The third-order valence-electron chi connectivity index (χ3n) is 5.48. The third kappa shape index (κ3) is 5.43. The first-order valence-corrected chi connectivity index (χ1v) is 10.6. The van der Waals surface area contributed by atoms with Gasteiger partial charge >= 0.3 is 0 Å². The van der Waals surface area contributed by atoms with Crippen molar-refractivity contribution in [1.82, 2.24) is 9.97 Å². The Morgan fingerprint density at radius 1 is 1.03 bits per heavy atom. The van der Waals surface area contributed by atoms with Gasteiger partial charge in [0.15, 0.2) is 5.82 Å². The summed E-state index contributed by atoms with van der Waals surface area (Å²) in [4.78, 5) is 8.17. The zero-order valence-electron chi connectivity index (χ0n) is 18.6. The second kappa shape index (κ2) is 11.4. The van der Waals surface area contributed by atoms with Gasteiger partial charge in [-0.1, -0.05) is 11.6 Å². The third-order valence-corrected chi connectivity index (χ3v) is 5.83. The maximum atomic E-state index is 14.4. The molecule has 0 saturated carbocycles. The average molecular weight is 516 g/mol. The zero-order chi connectivity index (χ0) is 25.9. The Morgan fingerprint density at radius 2 is 1.74 bits per heavy atom. The number of hydrogen-bond acceptors (Lipinski definition) is 10. The van der Waals surface area contributed by atoms with Crippen molar-refractivity contribution in [1.29, 1.82) is 0 Å². The van der Waals surface area contributed by atoms with Crippen LogP contribution in [0, 0.1) is 11.6 Å². The molecule has 1 aromatic heterocycles. The highest BCUT2D eigenvalue weighted by Gasteiger charge is 2.36. The molecule has 35 heavy (non-hydrogen) atoms. The quantitative estimate of drug-likeness (QED) is 0.218. The van der Waals surface area contributed by atoms with Crippen LogP contribution in [0.1, 0.15) is 11.7 Å². The number of benzene rings is 2. The van der Waals surface area contributed by atoms with Gasteiger partial charge in [0.1, 0.15) is 59.3 Å². The van der Waals surface area contributed by atoms with E-state index >= 15 is 0 Å². The van der Waals surface area contributed by atoms with E-state index in [9.17, 15) is 34.3 Å². The molecule has 1 unspecified atom stereocenters. The van der Waals surface area contributed by atoms with Crippen LogP contribution < -0.4 is 10.1 Å². The maximum Gasteiger partial charge on any atom is 0.168 e. The smallest absolute Gasteiger partial charge is 0.168 e. The molecule has 0 aliphatic rings. The van der Waals surface area contributed by atoms with Crippen molar-refractivity contribution in [3.8, 4) is 5.75 Å². The first-order valence-electron chi connectivity index (χ1n) is 10.2. The van der Waals surface area contributed by atoms with Gasteiger partial charge in [0, 0.05) is 18.1 Å². The summed E-state index contributed by atoms with van der Waals surface area (Å²) >= 11 is 5.63. The van der Waals surface area contributed by atoms with Crippen molar-refractivity contribution in [2.45, 2.75) is 30.5 Å². The minimum absolute atomic E-state index is 0.0115. The Labute approximate surface area is 203 Å². The van der Waals surface area contributed by atoms with Crippen LogP contribution in [0.2, 0.25) is 5.02 Å². The number of aromatic nitrogens is 2. The fourth-order valence-corrected chi connectivity index (χ4v) is 3.64. The summed E-state index contributed by atoms with van der Waals surface area (Å²) in [6, 6.07) is 4.88. The lowest BCUT2D eigenvalue weighted by atomic mass is 9.94. The Bertz CT molecular complexity index is 1190. The molecule has 0 amide bonds. The SMILES string of the molecule is COc1cc2c(Nc3ccc(F)c(Cl)c3F)ncnc2cc1C(O)[C@H](O)[C@@H](O)[C@H](O)[C@H](CO)OC. The van der Waals surface area contributed by atoms with E-state index in [1.54, 1.807) is 0 Å². The van der Waals surface area contributed by atoms with Crippen molar-refractivity contribution < 1.29 is 43.8 Å². The molecule has 1 heterocycles. The van der Waals surface area contributed by atoms with E-state index in [1.165, 1.54) is 26.4 Å². The zero-order valence-corrected chi connectivity index (χ0v) is 19.3. The fraction of sp³-hybridized carbons (Fsp3) is 0.364. The first kappa shape index (κ1) is 26.9. The molecule has 2 aromatic carbocycles. The number of halogens is 3. The van der Waals surface area contributed by atoms with Crippen LogP contribution in [0.4, 0.5) is 20.3 Å². The van der Waals surface area contributed by atoms with Crippen LogP contribution in [0.25, 0.3) is 10.9 Å². The standard InChI is InChI=1S/C22H24ClF2N3O7/c1-34-14-6-9-13(5-10(14)18(30)20(32)21(33)19(31)15(7-29)35-2)26-8-27-22(9)28-12-4-3-11(24)16(23)17(12)25/h3-6,8,15,18-21,29-33H,7H2,1-2H3,(H,26,27,28)/t15-,18?,19+,20-,21-/m0/s1. The van der Waals surface area contributed by atoms with Gasteiger partial charge in [0.25, 0.3) is 0 Å². The summed E-state index contributed by atoms with van der Waals surface area (Å²) in [5.74, 6) is -1.79. The highest BCUT2D eigenvalue weighted by atomic mass is 35.5. The summed E-state index contributed by atoms with van der Waals surface area (Å²) in [7, 11) is 2.49. The Hall–Kier alpha value is -2.71. The highest BCUT2D eigenvalue weighted by Crippen LogP contribution is 2.36. The van der Waals surface area contributed by atoms with E-state index < -0.39 is 53.8 Å². The van der Waals surface area contributed by atoms with E-state index in [4.69, 9.17) is 21.1 Å². The van der Waals surface area contributed by atoms with Gasteiger partial charge < -0.3 is 40.3 Å². The molecule has 10 nitrogen and oxygen atoms in total. The van der Waals surface area contributed by atoms with E-state index in [0.29, 0.717) is 5.39 Å². The summed E-state index contributed by atoms with van der Waals surface area (Å²) < 4.78 is 38.0. The van der Waals surface area contributed by atoms with Crippen molar-refractivity contribution in [2.24, 2.45) is 0 Å². The number of hydrogen-bond donors (Lipinski definition) is 6. The second-order valence-corrected chi connectivity index (χ2v) is 7.93. The van der Waals surface area contributed by atoms with Gasteiger partial charge in [-0.15, -0.1) is 0 Å². The van der Waals surface area contributed by atoms with Gasteiger partial charge in [-0.25, -0.2) is 18.7 Å². The van der Waals surface area contributed by atoms with Crippen molar-refractivity contribution in [2.75, 3.05) is 26.1 Å². The maximum absolute atomic E-state index is 14.4. The predicted molar refractivity (Wildman–Crippen MR) is 122 cm³/mol. The topological polar surface area (TPSA) is 157 Å². The highest BCUT2D eigenvalue weighted by molar-refractivity contribution is 6.31. The largest absolute Gasteiger partial charge is 0.496 e. The molecule has 0 aliphatic heterocycles. The number of fused-ring (bicyclic) bond motifs is 1.